The molecule has 5 nitrogen and oxygen atoms in total. The number of carbonyl (C=O) groups excluding carboxylic acids is 2. The molecule has 0 aliphatic heterocycles. The van der Waals surface area contributed by atoms with E-state index < -0.39 is 35.1 Å². The molecule has 1 N–H and O–H groups in total. The number of amides is 1. The van der Waals surface area contributed by atoms with E-state index >= 15 is 0 Å². The molecule has 0 saturated carbocycles. The van der Waals surface area contributed by atoms with E-state index in [1.54, 1.807) is 18.2 Å². The van der Waals surface area contributed by atoms with Crippen LogP contribution in [0.5, 0.6) is 0 Å². The number of carbonyl (C=O) groups is 2. The van der Waals surface area contributed by atoms with Crippen molar-refractivity contribution in [2.24, 2.45) is 0 Å². The lowest BCUT2D eigenvalue weighted by Gasteiger charge is -2.08. The molecule has 2 rings (SSSR count). The molecule has 2 aromatic rings. The van der Waals surface area contributed by atoms with Crippen LogP contribution < -0.4 is 5.32 Å². The van der Waals surface area contributed by atoms with Crippen molar-refractivity contribution in [1.82, 2.24) is 0 Å². The highest BCUT2D eigenvalue weighted by molar-refractivity contribution is 7.84. The third-order valence-electron chi connectivity index (χ3n) is 2.88. The summed E-state index contributed by atoms with van der Waals surface area (Å²) in [6.45, 7) is -0.499. The van der Waals surface area contributed by atoms with Crippen LogP contribution in [0.4, 0.5) is 10.1 Å². The molecule has 1 atom stereocenters. The van der Waals surface area contributed by atoms with Gasteiger partial charge in [-0.05, 0) is 36.4 Å². The number of anilines is 1. The second-order valence-electron chi connectivity index (χ2n) is 4.58. The minimum atomic E-state index is -1.35. The first kappa shape index (κ1) is 16.8. The summed E-state index contributed by atoms with van der Waals surface area (Å²) in [5.74, 6) is -1.70. The van der Waals surface area contributed by atoms with Crippen molar-refractivity contribution in [2.45, 2.75) is 4.90 Å². The maximum atomic E-state index is 12.8. The molecular formula is C16H14FNO4S. The Hall–Kier alpha value is -2.54. The van der Waals surface area contributed by atoms with Gasteiger partial charge < -0.3 is 10.1 Å². The lowest BCUT2D eigenvalue weighted by atomic mass is 10.2. The molecule has 120 valence electrons. The fourth-order valence-electron chi connectivity index (χ4n) is 1.83. The van der Waals surface area contributed by atoms with Gasteiger partial charge in [-0.3, -0.25) is 9.00 Å². The average Bonchev–Trinajstić information content (AvgIpc) is 2.54. The third kappa shape index (κ3) is 4.72. The van der Waals surface area contributed by atoms with Crippen molar-refractivity contribution >= 4 is 28.4 Å². The summed E-state index contributed by atoms with van der Waals surface area (Å²) in [4.78, 5) is 24.0. The molecule has 0 bridgehead atoms. The summed E-state index contributed by atoms with van der Waals surface area (Å²) in [7, 11) is -1.35. The lowest BCUT2D eigenvalue weighted by molar-refractivity contribution is -0.119. The van der Waals surface area contributed by atoms with Gasteiger partial charge in [-0.1, -0.05) is 12.1 Å². The number of esters is 1. The molecule has 0 aliphatic carbocycles. The molecule has 0 heterocycles. The standard InChI is InChI=1S/C16H14FNO4S/c1-23(21)14-5-3-2-4-13(14)16(20)22-10-15(19)18-12-8-6-11(17)7-9-12/h2-9H,10H2,1H3,(H,18,19)/t23-/m1/s1. The van der Waals surface area contributed by atoms with E-state index in [-0.39, 0.29) is 5.56 Å². The van der Waals surface area contributed by atoms with Crippen molar-refractivity contribution in [3.05, 3.63) is 59.9 Å². The predicted octanol–water partition coefficient (Wildman–Crippen LogP) is 2.36. The van der Waals surface area contributed by atoms with Gasteiger partial charge in [0.1, 0.15) is 5.82 Å². The molecule has 0 unspecified atom stereocenters. The topological polar surface area (TPSA) is 72.5 Å². The highest BCUT2D eigenvalue weighted by Crippen LogP contribution is 2.14. The first-order chi connectivity index (χ1) is 11.0. The van der Waals surface area contributed by atoms with Gasteiger partial charge in [-0.2, -0.15) is 0 Å². The van der Waals surface area contributed by atoms with Crippen LogP contribution in [-0.2, 0) is 20.3 Å². The number of hydrogen-bond donors (Lipinski definition) is 1. The zero-order chi connectivity index (χ0) is 16.8. The number of benzene rings is 2. The maximum absolute atomic E-state index is 12.8. The number of hydrogen-bond acceptors (Lipinski definition) is 4. The number of halogens is 1. The highest BCUT2D eigenvalue weighted by atomic mass is 32.2. The van der Waals surface area contributed by atoms with E-state index in [9.17, 15) is 18.2 Å². The van der Waals surface area contributed by atoms with Crippen LogP contribution in [0, 0.1) is 5.82 Å². The van der Waals surface area contributed by atoms with Crippen molar-refractivity contribution < 1.29 is 22.9 Å². The third-order valence-corrected chi connectivity index (χ3v) is 3.85. The van der Waals surface area contributed by atoms with Gasteiger partial charge in [0.2, 0.25) is 0 Å². The van der Waals surface area contributed by atoms with Crippen LogP contribution in [0.3, 0.4) is 0 Å². The molecule has 0 aromatic heterocycles. The minimum absolute atomic E-state index is 0.155. The Balaban J connectivity index is 1.95. The Labute approximate surface area is 134 Å². The molecule has 0 aliphatic rings. The summed E-state index contributed by atoms with van der Waals surface area (Å²) in [5.41, 5.74) is 0.547. The van der Waals surface area contributed by atoms with Gasteiger partial charge >= 0.3 is 5.97 Å². The summed E-state index contributed by atoms with van der Waals surface area (Å²) in [6, 6.07) is 11.5. The van der Waals surface area contributed by atoms with Crippen LogP contribution in [-0.4, -0.2) is 28.9 Å². The van der Waals surface area contributed by atoms with Gasteiger partial charge in [-0.15, -0.1) is 0 Å². The fourth-order valence-corrected chi connectivity index (χ4v) is 2.56. The zero-order valence-corrected chi connectivity index (χ0v) is 13.1. The predicted molar refractivity (Wildman–Crippen MR) is 84.1 cm³/mol. The molecule has 23 heavy (non-hydrogen) atoms. The van der Waals surface area contributed by atoms with E-state index in [1.165, 1.54) is 36.6 Å². The molecule has 2 aromatic carbocycles. The van der Waals surface area contributed by atoms with Gasteiger partial charge in [0, 0.05) is 11.9 Å². The SMILES string of the molecule is C[S@@](=O)c1ccccc1C(=O)OCC(=O)Nc1ccc(F)cc1. The van der Waals surface area contributed by atoms with Crippen LogP contribution in [0.2, 0.25) is 0 Å². The van der Waals surface area contributed by atoms with E-state index in [4.69, 9.17) is 4.74 Å². The van der Waals surface area contributed by atoms with E-state index in [0.717, 1.165) is 0 Å². The average molecular weight is 335 g/mol. The number of nitrogens with one attached hydrogen (secondary N) is 1. The van der Waals surface area contributed by atoms with Gasteiger partial charge in [0.05, 0.1) is 21.3 Å². The monoisotopic (exact) mass is 335 g/mol. The van der Waals surface area contributed by atoms with Gasteiger partial charge in [0.15, 0.2) is 6.61 Å². The minimum Gasteiger partial charge on any atom is -0.452 e. The smallest absolute Gasteiger partial charge is 0.339 e. The summed E-state index contributed by atoms with van der Waals surface area (Å²) in [6.07, 6.45) is 1.45. The quantitative estimate of drug-likeness (QED) is 0.852. The first-order valence-corrected chi connectivity index (χ1v) is 8.18. The normalized spacial score (nSPS) is 11.6. The summed E-state index contributed by atoms with van der Waals surface area (Å²) >= 11 is 0. The summed E-state index contributed by atoms with van der Waals surface area (Å²) in [5, 5.41) is 2.47. The molecule has 7 heteroatoms. The molecule has 1 amide bonds. The van der Waals surface area contributed by atoms with E-state index in [2.05, 4.69) is 5.32 Å². The summed E-state index contributed by atoms with van der Waals surface area (Å²) < 4.78 is 29.2. The van der Waals surface area contributed by atoms with Crippen molar-refractivity contribution in [3.8, 4) is 0 Å². The van der Waals surface area contributed by atoms with Crippen molar-refractivity contribution in [2.75, 3.05) is 18.2 Å². The molecular weight excluding hydrogens is 321 g/mol. The Morgan fingerprint density at radius 1 is 1.13 bits per heavy atom. The van der Waals surface area contributed by atoms with Crippen molar-refractivity contribution in [1.29, 1.82) is 0 Å². The molecule has 0 spiro atoms. The zero-order valence-electron chi connectivity index (χ0n) is 12.2. The largest absolute Gasteiger partial charge is 0.452 e. The van der Waals surface area contributed by atoms with Gasteiger partial charge in [0.25, 0.3) is 5.91 Å². The van der Waals surface area contributed by atoms with Crippen LogP contribution >= 0.6 is 0 Å². The molecule has 0 radical (unpaired) electrons. The van der Waals surface area contributed by atoms with Crippen LogP contribution in [0.15, 0.2) is 53.4 Å². The Morgan fingerprint density at radius 2 is 1.78 bits per heavy atom. The Kier molecular flexibility index (Phi) is 5.59. The highest BCUT2D eigenvalue weighted by Gasteiger charge is 2.16. The number of ether oxygens (including phenoxy) is 1. The van der Waals surface area contributed by atoms with Crippen molar-refractivity contribution in [3.63, 3.8) is 0 Å². The lowest BCUT2D eigenvalue weighted by Crippen LogP contribution is -2.21. The van der Waals surface area contributed by atoms with Crippen LogP contribution in [0.25, 0.3) is 0 Å². The molecule has 0 fully saturated rings. The van der Waals surface area contributed by atoms with Gasteiger partial charge in [-0.25, -0.2) is 9.18 Å². The number of rotatable bonds is 5. The first-order valence-electron chi connectivity index (χ1n) is 6.62. The van der Waals surface area contributed by atoms with E-state index in [1.807, 2.05) is 0 Å². The second-order valence-corrected chi connectivity index (χ2v) is 5.93. The maximum Gasteiger partial charge on any atom is 0.339 e. The Bertz CT molecular complexity index is 746. The second kappa shape index (κ2) is 7.64. The van der Waals surface area contributed by atoms with E-state index in [0.29, 0.717) is 10.6 Å². The van der Waals surface area contributed by atoms with Crippen LogP contribution in [0.1, 0.15) is 10.4 Å². The Morgan fingerprint density at radius 3 is 2.43 bits per heavy atom. The fraction of sp³-hybridized carbons (Fsp3) is 0.125. The molecule has 0 saturated heterocycles.